The number of hydrogen-bond donors (Lipinski definition) is 2. The third-order valence-corrected chi connectivity index (χ3v) is 13.3. The smallest absolute Gasteiger partial charge is 0.422 e. The largest absolute Gasteiger partial charge is 0.495 e. The van der Waals surface area contributed by atoms with Crippen molar-refractivity contribution in [1.82, 2.24) is 20.7 Å². The van der Waals surface area contributed by atoms with Crippen molar-refractivity contribution in [1.29, 1.82) is 0 Å². The highest BCUT2D eigenvalue weighted by Gasteiger charge is 2.64. The van der Waals surface area contributed by atoms with Crippen molar-refractivity contribution < 1.29 is 47.7 Å². The highest BCUT2D eigenvalue weighted by Crippen LogP contribution is 2.48. The van der Waals surface area contributed by atoms with E-state index in [0.29, 0.717) is 41.8 Å². The molecule has 0 aromatic heterocycles. The molecule has 4 bridgehead atoms. The van der Waals surface area contributed by atoms with E-state index in [2.05, 4.69) is 24.6 Å². The molecule has 0 radical (unpaired) electrons. The van der Waals surface area contributed by atoms with E-state index in [0.717, 1.165) is 30.4 Å². The molecule has 2 unspecified atom stereocenters. The Morgan fingerprint density at radius 3 is 2.58 bits per heavy atom. The van der Waals surface area contributed by atoms with Gasteiger partial charge in [0, 0.05) is 45.3 Å². The molecule has 0 spiro atoms. The molecule has 4 rings (SSSR count). The number of allylic oxidation sites excluding steroid dienone is 3. The monoisotopic (exact) mass is 877 g/mol. The van der Waals surface area contributed by atoms with Crippen LogP contribution in [0.25, 0.3) is 0 Å². The fourth-order valence-corrected chi connectivity index (χ4v) is 8.32. The number of methoxy groups -OCH3 is 2. The van der Waals surface area contributed by atoms with Crippen LogP contribution in [0.4, 0.5) is 10.5 Å². The molecule has 2 N–H and O–H groups in total. The number of rotatable bonds is 15. The van der Waals surface area contributed by atoms with Gasteiger partial charge in [-0.3, -0.25) is 19.8 Å². The second kappa shape index (κ2) is 22.3. The van der Waals surface area contributed by atoms with Crippen LogP contribution in [0.15, 0.2) is 35.9 Å². The van der Waals surface area contributed by atoms with Gasteiger partial charge in [-0.2, -0.15) is 5.01 Å². The van der Waals surface area contributed by atoms with Gasteiger partial charge >= 0.3 is 12.1 Å². The molecule has 60 heavy (non-hydrogen) atoms. The Balaban J connectivity index is 1.52. The van der Waals surface area contributed by atoms with Gasteiger partial charge in [0.2, 0.25) is 17.7 Å². The van der Waals surface area contributed by atoms with Gasteiger partial charge in [-0.1, -0.05) is 56.5 Å². The minimum atomic E-state index is -1.16. The Kier molecular flexibility index (Phi) is 18.2. The molecule has 1 aromatic rings. The molecule has 0 saturated carbocycles. The number of esters is 1. The number of benzene rings is 1. The predicted molar refractivity (Wildman–Crippen MR) is 232 cm³/mol. The molecule has 3 heterocycles. The van der Waals surface area contributed by atoms with Crippen LogP contribution >= 0.6 is 23.4 Å². The van der Waals surface area contributed by atoms with Crippen molar-refractivity contribution in [2.45, 2.75) is 128 Å². The van der Waals surface area contributed by atoms with Gasteiger partial charge in [-0.15, -0.1) is 11.8 Å². The molecule has 3 aliphatic rings. The molecule has 0 aliphatic carbocycles. The van der Waals surface area contributed by atoms with Gasteiger partial charge in [-0.25, -0.2) is 9.59 Å². The lowest BCUT2D eigenvalue weighted by atomic mass is 9.87. The lowest BCUT2D eigenvalue weighted by Gasteiger charge is -2.38. The van der Waals surface area contributed by atoms with Crippen molar-refractivity contribution in [2.75, 3.05) is 52.1 Å². The number of hydrogen-bond acceptors (Lipinski definition) is 12. The zero-order chi connectivity index (χ0) is 44.3. The van der Waals surface area contributed by atoms with Crippen molar-refractivity contribution in [2.24, 2.45) is 5.92 Å². The summed E-state index contributed by atoms with van der Waals surface area (Å²) in [6.45, 7) is 12.2. The first-order valence-corrected chi connectivity index (χ1v) is 22.1. The zero-order valence-corrected chi connectivity index (χ0v) is 38.3. The van der Waals surface area contributed by atoms with Gasteiger partial charge in [0.15, 0.2) is 0 Å². The molecule has 9 atom stereocenters. The number of unbranched alkanes of at least 4 members (excludes halogenated alkanes) is 2. The molecule has 4 amide bonds. The van der Waals surface area contributed by atoms with Crippen LogP contribution in [0.2, 0.25) is 5.02 Å². The van der Waals surface area contributed by atoms with Crippen molar-refractivity contribution >= 4 is 58.8 Å². The van der Waals surface area contributed by atoms with E-state index in [1.165, 1.54) is 16.9 Å². The number of amides is 4. The summed E-state index contributed by atoms with van der Waals surface area (Å²) in [6.07, 6.45) is 5.49. The van der Waals surface area contributed by atoms with Crippen molar-refractivity contribution in [3.05, 3.63) is 46.5 Å². The number of epoxide rings is 1. The van der Waals surface area contributed by atoms with Crippen LogP contribution in [0.3, 0.4) is 0 Å². The quantitative estimate of drug-likeness (QED) is 0.123. The number of carbonyl (C=O) groups excluding carboxylic acids is 5. The highest BCUT2D eigenvalue weighted by molar-refractivity contribution is 8.00. The maximum Gasteiger partial charge on any atom is 0.422 e. The topological polar surface area (TPSA) is 169 Å². The summed E-state index contributed by atoms with van der Waals surface area (Å²) in [6, 6.07) is 2.66. The number of likely N-dealkylation sites (N-methyl/N-ethyl adjacent to an activating group) is 1. The summed E-state index contributed by atoms with van der Waals surface area (Å²) >= 11 is 8.43. The lowest BCUT2D eigenvalue weighted by Crippen LogP contribution is -2.59. The number of halogens is 1. The summed E-state index contributed by atoms with van der Waals surface area (Å²) in [5.74, 6) is -0.926. The van der Waals surface area contributed by atoms with Crippen LogP contribution in [0, 0.1) is 5.92 Å². The number of nitrogens with zero attached hydrogens (tertiary/aromatic N) is 3. The van der Waals surface area contributed by atoms with Crippen LogP contribution in [-0.4, -0.2) is 128 Å². The number of fused-ring (bicyclic) bond motifs is 5. The number of carbonyl (C=O) groups is 5. The van der Waals surface area contributed by atoms with E-state index < -0.39 is 60.1 Å². The second-order valence-electron chi connectivity index (χ2n) is 16.1. The molecule has 15 nitrogen and oxygen atoms in total. The Hall–Kier alpha value is -3.83. The predicted octanol–water partition coefficient (Wildman–Crippen LogP) is 5.82. The number of thioether (sulfide) groups is 1. The van der Waals surface area contributed by atoms with Crippen LogP contribution in [0.5, 0.6) is 5.75 Å². The third kappa shape index (κ3) is 12.8. The molecule has 17 heteroatoms. The average molecular weight is 879 g/mol. The molecule has 2 saturated heterocycles. The normalized spacial score (nSPS) is 28.1. The highest BCUT2D eigenvalue weighted by atomic mass is 35.5. The maximum absolute atomic E-state index is 14.2. The lowest BCUT2D eigenvalue weighted by molar-refractivity contribution is -0.162. The standard InChI is InChI=1S/C43H64ClN5O10S/c1-11-27(3)60-25-35(50)45-19-14-12-13-17-36(51)47(7)29(5)41(53)58-34-23-37(52)48(8)31-21-30(22-32(55-9)39(31)44)20-26(2)16-15-18-38(56-10)49-24-33(57-42(54)46-49)28(4)40-43(34,6)59-40/h15-16,18,21-22,27-29,33-34,38,40H,11-14,17,19-20,23-25H2,1-10H3,(H,45,50)(H,46,54)/b18-15+,26-16+/t27?,28-,29+,33+,34+,38-,40+,43+/m1/s1. The molecule has 3 aliphatic heterocycles. The first kappa shape index (κ1) is 48.8. The molecule has 334 valence electrons. The number of nitrogens with one attached hydrogen (secondary N) is 2. The minimum absolute atomic E-state index is 0.00715. The summed E-state index contributed by atoms with van der Waals surface area (Å²) in [4.78, 5) is 69.1. The van der Waals surface area contributed by atoms with Crippen LogP contribution in [0.1, 0.15) is 85.6 Å². The molecule has 1 aromatic carbocycles. The summed E-state index contributed by atoms with van der Waals surface area (Å²) in [5.41, 5.74) is 3.80. The van der Waals surface area contributed by atoms with Gasteiger partial charge in [0.25, 0.3) is 0 Å². The Morgan fingerprint density at radius 2 is 1.90 bits per heavy atom. The first-order valence-electron chi connectivity index (χ1n) is 20.7. The fourth-order valence-electron chi connectivity index (χ4n) is 7.23. The van der Waals surface area contributed by atoms with Gasteiger partial charge in [0.1, 0.15) is 40.9 Å². The maximum atomic E-state index is 14.2. The van der Waals surface area contributed by atoms with Gasteiger partial charge < -0.3 is 38.8 Å². The Labute approximate surface area is 364 Å². The first-order chi connectivity index (χ1) is 28.4. The second-order valence-corrected chi connectivity index (χ2v) is 17.9. The van der Waals surface area contributed by atoms with Crippen molar-refractivity contribution in [3.8, 4) is 5.75 Å². The molecular formula is C43H64ClN5O10S. The Bertz CT molecular complexity index is 1760. The minimum Gasteiger partial charge on any atom is -0.495 e. The van der Waals surface area contributed by atoms with E-state index in [4.69, 9.17) is 35.3 Å². The summed E-state index contributed by atoms with van der Waals surface area (Å²) in [5, 5.41) is 5.25. The summed E-state index contributed by atoms with van der Waals surface area (Å²) in [7, 11) is 6.19. The van der Waals surface area contributed by atoms with E-state index in [1.54, 1.807) is 51.8 Å². The number of anilines is 1. The van der Waals surface area contributed by atoms with E-state index in [-0.39, 0.29) is 36.2 Å². The van der Waals surface area contributed by atoms with E-state index in [9.17, 15) is 24.0 Å². The molecular weight excluding hydrogens is 814 g/mol. The van der Waals surface area contributed by atoms with Crippen LogP contribution < -0.4 is 20.4 Å². The summed E-state index contributed by atoms with van der Waals surface area (Å²) < 4.78 is 29.6. The van der Waals surface area contributed by atoms with Gasteiger partial charge in [0.05, 0.1) is 37.6 Å². The SMILES string of the molecule is CCC(C)SCC(=O)NCCCCCC(=O)N(C)[C@@H](C)C(=O)O[C@H]1CC(=O)N(C)c2cc(cc(OC)c2Cl)C/C(C)=C/C=C/[C@@H](OC)N2C[C@H](OC(=O)N2)[C@@H](C)[C@@H]2O[C@@]12C. The zero-order valence-electron chi connectivity index (χ0n) is 36.7. The number of hydrazine groups is 1. The third-order valence-electron chi connectivity index (χ3n) is 11.6. The fraction of sp³-hybridized carbons (Fsp3) is 0.651. The van der Waals surface area contributed by atoms with E-state index in [1.807, 2.05) is 44.2 Å². The Morgan fingerprint density at radius 1 is 1.17 bits per heavy atom. The molecule has 2 fully saturated rings. The van der Waals surface area contributed by atoms with Crippen LogP contribution in [-0.2, 0) is 44.5 Å². The average Bonchev–Trinajstić information content (AvgIpc) is 3.92. The number of ether oxygens (including phenoxy) is 5. The van der Waals surface area contributed by atoms with Gasteiger partial charge in [-0.05, 0) is 70.2 Å². The van der Waals surface area contributed by atoms with Crippen molar-refractivity contribution in [3.63, 3.8) is 0 Å². The van der Waals surface area contributed by atoms with E-state index >= 15 is 0 Å².